The fraction of sp³-hybridized carbons (Fsp3) is 0.0769. The molecule has 32 heavy (non-hydrogen) atoms. The molecule has 3 aromatic carbocycles. The Morgan fingerprint density at radius 3 is 2.34 bits per heavy atom. The number of fused-ring (bicyclic) bond motifs is 3. The zero-order valence-corrected chi connectivity index (χ0v) is 18.0. The Morgan fingerprint density at radius 2 is 1.62 bits per heavy atom. The Labute approximate surface area is 187 Å². The third kappa shape index (κ3) is 3.44. The van der Waals surface area contributed by atoms with Crippen LogP contribution in [0.25, 0.3) is 33.1 Å². The molecule has 0 atom stereocenters. The molecule has 0 bridgehead atoms. The van der Waals surface area contributed by atoms with Gasteiger partial charge >= 0.3 is 11.9 Å². The van der Waals surface area contributed by atoms with Crippen LogP contribution in [0.5, 0.6) is 5.75 Å². The Balaban J connectivity index is 1.78. The van der Waals surface area contributed by atoms with Crippen LogP contribution in [0.1, 0.15) is 27.0 Å². The fourth-order valence-electron chi connectivity index (χ4n) is 3.71. The highest BCUT2D eigenvalue weighted by molar-refractivity contribution is 7.12. The van der Waals surface area contributed by atoms with E-state index in [9.17, 15) is 9.59 Å². The molecule has 0 fully saturated rings. The van der Waals surface area contributed by atoms with Crippen molar-refractivity contribution in [2.24, 2.45) is 0 Å². The van der Waals surface area contributed by atoms with E-state index in [0.717, 1.165) is 10.9 Å². The minimum atomic E-state index is -0.490. The zero-order valence-electron chi connectivity index (χ0n) is 17.2. The van der Waals surface area contributed by atoms with Crippen molar-refractivity contribution in [3.8, 4) is 17.1 Å². The molecule has 158 valence electrons. The van der Waals surface area contributed by atoms with Gasteiger partial charge in [0, 0.05) is 21.7 Å². The van der Waals surface area contributed by atoms with Crippen LogP contribution in [0, 0.1) is 0 Å². The van der Waals surface area contributed by atoms with Crippen LogP contribution in [-0.2, 0) is 4.74 Å². The van der Waals surface area contributed by atoms with Crippen molar-refractivity contribution in [3.63, 3.8) is 0 Å². The molecule has 0 amide bonds. The second kappa shape index (κ2) is 8.32. The lowest BCUT2D eigenvalue weighted by atomic mass is 10.0. The van der Waals surface area contributed by atoms with E-state index in [1.54, 1.807) is 25.1 Å². The summed E-state index contributed by atoms with van der Waals surface area (Å²) in [5.41, 5.74) is 1.61. The average molecular weight is 442 g/mol. The van der Waals surface area contributed by atoms with E-state index in [-0.39, 0.29) is 6.61 Å². The van der Waals surface area contributed by atoms with Gasteiger partial charge in [-0.2, -0.15) is 0 Å². The first kappa shape index (κ1) is 20.0. The Hall–Kier alpha value is -3.90. The Bertz CT molecular complexity index is 1430. The van der Waals surface area contributed by atoms with Crippen LogP contribution in [0.15, 0.2) is 82.6 Å². The molecule has 0 spiro atoms. The highest BCUT2D eigenvalue weighted by Crippen LogP contribution is 2.41. The van der Waals surface area contributed by atoms with E-state index in [2.05, 4.69) is 0 Å². The lowest BCUT2D eigenvalue weighted by Crippen LogP contribution is -2.07. The molecule has 2 heterocycles. The number of hydrogen-bond donors (Lipinski definition) is 0. The van der Waals surface area contributed by atoms with Gasteiger partial charge in [0.15, 0.2) is 0 Å². The molecular formula is C26H18O5S. The molecule has 0 N–H and O–H groups in total. The van der Waals surface area contributed by atoms with Gasteiger partial charge in [-0.05, 0) is 24.4 Å². The molecule has 5 aromatic rings. The molecule has 2 aromatic heterocycles. The molecule has 0 unspecified atom stereocenters. The lowest BCUT2D eigenvalue weighted by molar-refractivity contribution is 0.0528. The van der Waals surface area contributed by atoms with E-state index >= 15 is 0 Å². The minimum absolute atomic E-state index is 0.230. The van der Waals surface area contributed by atoms with Crippen LogP contribution in [0.4, 0.5) is 0 Å². The zero-order chi connectivity index (χ0) is 22.1. The van der Waals surface area contributed by atoms with Gasteiger partial charge in [0.1, 0.15) is 27.5 Å². The molecule has 0 saturated carbocycles. The van der Waals surface area contributed by atoms with E-state index in [1.807, 2.05) is 60.0 Å². The van der Waals surface area contributed by atoms with Crippen molar-refractivity contribution in [2.75, 3.05) is 6.61 Å². The summed E-state index contributed by atoms with van der Waals surface area (Å²) in [6, 6.07) is 22.1. The maximum Gasteiger partial charge on any atom is 0.353 e. The minimum Gasteiger partial charge on any atom is -0.462 e. The van der Waals surface area contributed by atoms with Crippen molar-refractivity contribution >= 4 is 45.0 Å². The van der Waals surface area contributed by atoms with E-state index in [0.29, 0.717) is 38.3 Å². The van der Waals surface area contributed by atoms with Gasteiger partial charge in [-0.1, -0.05) is 60.7 Å². The molecule has 6 heteroatoms. The number of carbonyl (C=O) groups is 2. The van der Waals surface area contributed by atoms with E-state index < -0.39 is 11.9 Å². The topological polar surface area (TPSA) is 65.7 Å². The average Bonchev–Trinajstić information content (AvgIpc) is 3.48. The van der Waals surface area contributed by atoms with Crippen LogP contribution in [0.3, 0.4) is 0 Å². The molecule has 0 aliphatic rings. The predicted octanol–water partition coefficient (Wildman–Crippen LogP) is 6.71. The van der Waals surface area contributed by atoms with Crippen LogP contribution in [0.2, 0.25) is 0 Å². The highest BCUT2D eigenvalue weighted by Gasteiger charge is 2.26. The van der Waals surface area contributed by atoms with Crippen molar-refractivity contribution in [1.82, 2.24) is 0 Å². The number of furan rings is 1. The first-order valence-corrected chi connectivity index (χ1v) is 11.0. The number of rotatable bonds is 5. The molecule has 5 nitrogen and oxygen atoms in total. The maximum absolute atomic E-state index is 13.0. The third-order valence-electron chi connectivity index (χ3n) is 5.10. The molecule has 5 rings (SSSR count). The van der Waals surface area contributed by atoms with Gasteiger partial charge in [0.2, 0.25) is 0 Å². The number of esters is 2. The fourth-order valence-corrected chi connectivity index (χ4v) is 4.31. The summed E-state index contributed by atoms with van der Waals surface area (Å²) >= 11 is 1.31. The predicted molar refractivity (Wildman–Crippen MR) is 124 cm³/mol. The SMILES string of the molecule is CCOC(=O)c1c(-c2ccccc2)oc2c1cc(OC(=O)c1cccs1)c1ccccc12. The van der Waals surface area contributed by atoms with Crippen molar-refractivity contribution in [3.05, 3.63) is 88.6 Å². The van der Waals surface area contributed by atoms with Gasteiger partial charge < -0.3 is 13.9 Å². The second-order valence-electron chi connectivity index (χ2n) is 7.06. The van der Waals surface area contributed by atoms with E-state index in [4.69, 9.17) is 13.9 Å². The Kier molecular flexibility index (Phi) is 5.21. The largest absolute Gasteiger partial charge is 0.462 e. The molecule has 0 aliphatic carbocycles. The van der Waals surface area contributed by atoms with E-state index in [1.165, 1.54) is 11.3 Å². The highest BCUT2D eigenvalue weighted by atomic mass is 32.1. The molecule has 0 aliphatic heterocycles. The van der Waals surface area contributed by atoms with Crippen LogP contribution >= 0.6 is 11.3 Å². The van der Waals surface area contributed by atoms with Gasteiger partial charge in [-0.25, -0.2) is 9.59 Å². The van der Waals surface area contributed by atoms with Gasteiger partial charge in [-0.3, -0.25) is 0 Å². The van der Waals surface area contributed by atoms with Gasteiger partial charge in [0.25, 0.3) is 0 Å². The smallest absolute Gasteiger partial charge is 0.353 e. The first-order valence-electron chi connectivity index (χ1n) is 10.1. The number of carbonyl (C=O) groups excluding carboxylic acids is 2. The second-order valence-corrected chi connectivity index (χ2v) is 8.00. The first-order chi connectivity index (χ1) is 15.7. The van der Waals surface area contributed by atoms with Crippen molar-refractivity contribution in [2.45, 2.75) is 6.92 Å². The van der Waals surface area contributed by atoms with Crippen LogP contribution < -0.4 is 4.74 Å². The summed E-state index contributed by atoms with van der Waals surface area (Å²) in [4.78, 5) is 26.2. The Morgan fingerprint density at radius 1 is 0.875 bits per heavy atom. The molecule has 0 saturated heterocycles. The standard InChI is InChI=1S/C26H18O5S/c1-2-29-26(28)22-19-15-20(30-25(27)21-13-8-14-32-21)17-11-6-7-12-18(17)24(19)31-23(22)16-9-4-3-5-10-16/h3-15H,2H2,1H3. The normalized spacial score (nSPS) is 11.0. The number of ether oxygens (including phenoxy) is 2. The summed E-state index contributed by atoms with van der Waals surface area (Å²) < 4.78 is 17.4. The number of hydrogen-bond acceptors (Lipinski definition) is 6. The van der Waals surface area contributed by atoms with Gasteiger partial charge in [0.05, 0.1) is 6.61 Å². The number of thiophene rings is 1. The maximum atomic E-state index is 13.0. The van der Waals surface area contributed by atoms with Crippen LogP contribution in [-0.4, -0.2) is 18.5 Å². The van der Waals surface area contributed by atoms with Crippen molar-refractivity contribution in [1.29, 1.82) is 0 Å². The molecule has 0 radical (unpaired) electrons. The van der Waals surface area contributed by atoms with Gasteiger partial charge in [-0.15, -0.1) is 11.3 Å². The lowest BCUT2D eigenvalue weighted by Gasteiger charge is -2.08. The summed E-state index contributed by atoms with van der Waals surface area (Å²) in [7, 11) is 0. The third-order valence-corrected chi connectivity index (χ3v) is 5.95. The summed E-state index contributed by atoms with van der Waals surface area (Å²) in [6.45, 7) is 1.99. The monoisotopic (exact) mass is 442 g/mol. The summed E-state index contributed by atoms with van der Waals surface area (Å²) in [5, 5.41) is 3.81. The summed E-state index contributed by atoms with van der Waals surface area (Å²) in [6.07, 6.45) is 0. The van der Waals surface area contributed by atoms with Crippen molar-refractivity contribution < 1.29 is 23.5 Å². The summed E-state index contributed by atoms with van der Waals surface area (Å²) in [5.74, 6) is -0.159. The molecular weight excluding hydrogens is 424 g/mol. The number of benzene rings is 3. The quantitative estimate of drug-likeness (QED) is 0.224.